The number of hydrogen-bond acceptors (Lipinski definition) is 7. The van der Waals surface area contributed by atoms with Crippen LogP contribution in [0.15, 0.2) is 36.7 Å². The highest BCUT2D eigenvalue weighted by molar-refractivity contribution is 5.94. The second-order valence-electron chi connectivity index (χ2n) is 5.40. The van der Waals surface area contributed by atoms with E-state index in [1.54, 1.807) is 29.2 Å². The molecule has 1 aliphatic heterocycles. The quantitative estimate of drug-likeness (QED) is 0.841. The number of hydrogen-bond donors (Lipinski definition) is 1. The average Bonchev–Trinajstić information content (AvgIpc) is 2.68. The molecule has 1 aromatic heterocycles. The van der Waals surface area contributed by atoms with Gasteiger partial charge in [-0.05, 0) is 18.2 Å². The van der Waals surface area contributed by atoms with Gasteiger partial charge in [0.1, 0.15) is 0 Å². The summed E-state index contributed by atoms with van der Waals surface area (Å²) >= 11 is 0. The number of methoxy groups -OCH3 is 1. The monoisotopic (exact) mass is 342 g/mol. The van der Waals surface area contributed by atoms with Crippen LogP contribution in [0, 0.1) is 0 Å². The Kier molecular flexibility index (Phi) is 5.20. The molecule has 1 aliphatic rings. The van der Waals surface area contributed by atoms with Gasteiger partial charge in [0, 0.05) is 31.2 Å². The fourth-order valence-corrected chi connectivity index (χ4v) is 2.42. The first-order chi connectivity index (χ1) is 12.2. The summed E-state index contributed by atoms with van der Waals surface area (Å²) in [4.78, 5) is 33.9. The van der Waals surface area contributed by atoms with E-state index in [-0.39, 0.29) is 5.91 Å². The SMILES string of the molecule is COC(=O)c1cccc(Nc2ncc(C(=O)N3CCOCC3)cn2)c1. The maximum absolute atomic E-state index is 12.3. The fourth-order valence-electron chi connectivity index (χ4n) is 2.42. The molecule has 1 amide bonds. The molecule has 8 nitrogen and oxygen atoms in total. The van der Waals surface area contributed by atoms with E-state index in [0.717, 1.165) is 0 Å². The van der Waals surface area contributed by atoms with Crippen molar-refractivity contribution in [1.82, 2.24) is 14.9 Å². The molecule has 0 aliphatic carbocycles. The maximum atomic E-state index is 12.3. The second kappa shape index (κ2) is 7.71. The Morgan fingerprint density at radius 2 is 1.88 bits per heavy atom. The number of carbonyl (C=O) groups excluding carboxylic acids is 2. The van der Waals surface area contributed by atoms with E-state index in [1.807, 2.05) is 0 Å². The smallest absolute Gasteiger partial charge is 0.337 e. The van der Waals surface area contributed by atoms with E-state index in [9.17, 15) is 9.59 Å². The molecule has 2 aromatic rings. The van der Waals surface area contributed by atoms with Crippen LogP contribution in [0.5, 0.6) is 0 Å². The van der Waals surface area contributed by atoms with Crippen LogP contribution in [0.3, 0.4) is 0 Å². The second-order valence-corrected chi connectivity index (χ2v) is 5.40. The van der Waals surface area contributed by atoms with Crippen LogP contribution >= 0.6 is 0 Å². The normalized spacial score (nSPS) is 14.0. The van der Waals surface area contributed by atoms with Crippen LogP contribution < -0.4 is 5.32 Å². The highest BCUT2D eigenvalue weighted by Gasteiger charge is 2.19. The van der Waals surface area contributed by atoms with Crippen molar-refractivity contribution in [2.75, 3.05) is 38.7 Å². The number of benzene rings is 1. The topological polar surface area (TPSA) is 93.6 Å². The summed E-state index contributed by atoms with van der Waals surface area (Å²) in [6.07, 6.45) is 2.97. The van der Waals surface area contributed by atoms with Crippen molar-refractivity contribution in [3.05, 3.63) is 47.8 Å². The van der Waals surface area contributed by atoms with Crippen LogP contribution in [0.4, 0.5) is 11.6 Å². The Morgan fingerprint density at radius 1 is 1.16 bits per heavy atom. The lowest BCUT2D eigenvalue weighted by Gasteiger charge is -2.26. The largest absolute Gasteiger partial charge is 0.465 e. The predicted octanol–water partition coefficient (Wildman–Crippen LogP) is 1.48. The van der Waals surface area contributed by atoms with Gasteiger partial charge in [0.05, 0.1) is 31.5 Å². The van der Waals surface area contributed by atoms with Crippen molar-refractivity contribution < 1.29 is 19.1 Å². The van der Waals surface area contributed by atoms with Gasteiger partial charge in [-0.2, -0.15) is 0 Å². The van der Waals surface area contributed by atoms with Gasteiger partial charge in [-0.25, -0.2) is 14.8 Å². The Balaban J connectivity index is 1.68. The first-order valence-corrected chi connectivity index (χ1v) is 7.82. The molecule has 1 aromatic carbocycles. The molecule has 130 valence electrons. The first-order valence-electron chi connectivity index (χ1n) is 7.82. The minimum atomic E-state index is -0.420. The highest BCUT2D eigenvalue weighted by Crippen LogP contribution is 2.16. The Morgan fingerprint density at radius 3 is 2.56 bits per heavy atom. The Bertz CT molecular complexity index is 757. The molecule has 1 fully saturated rings. The van der Waals surface area contributed by atoms with E-state index in [0.29, 0.717) is 49.1 Å². The number of morpholine rings is 1. The van der Waals surface area contributed by atoms with Gasteiger partial charge in [0.2, 0.25) is 5.95 Å². The molecule has 25 heavy (non-hydrogen) atoms. The lowest BCUT2D eigenvalue weighted by molar-refractivity contribution is 0.0302. The van der Waals surface area contributed by atoms with E-state index in [4.69, 9.17) is 9.47 Å². The summed E-state index contributed by atoms with van der Waals surface area (Å²) in [7, 11) is 1.33. The molecular formula is C17H18N4O4. The number of rotatable bonds is 4. The third kappa shape index (κ3) is 4.10. The molecule has 0 spiro atoms. The summed E-state index contributed by atoms with van der Waals surface area (Å²) in [5.74, 6) is -0.195. The van der Waals surface area contributed by atoms with Crippen molar-refractivity contribution in [3.63, 3.8) is 0 Å². The van der Waals surface area contributed by atoms with E-state index >= 15 is 0 Å². The summed E-state index contributed by atoms with van der Waals surface area (Å²) in [6, 6.07) is 6.80. The Hall–Kier alpha value is -3.00. The highest BCUT2D eigenvalue weighted by atomic mass is 16.5. The van der Waals surface area contributed by atoms with E-state index in [2.05, 4.69) is 15.3 Å². The molecule has 0 saturated carbocycles. The molecule has 3 rings (SSSR count). The number of carbonyl (C=O) groups is 2. The summed E-state index contributed by atoms with van der Waals surface area (Å²) < 4.78 is 9.93. The van der Waals surface area contributed by atoms with Gasteiger partial charge in [0.15, 0.2) is 0 Å². The van der Waals surface area contributed by atoms with Gasteiger partial charge in [-0.1, -0.05) is 6.07 Å². The lowest BCUT2D eigenvalue weighted by Crippen LogP contribution is -2.40. The lowest BCUT2D eigenvalue weighted by atomic mass is 10.2. The minimum Gasteiger partial charge on any atom is -0.465 e. The van der Waals surface area contributed by atoms with Crippen molar-refractivity contribution in [3.8, 4) is 0 Å². The molecule has 1 saturated heterocycles. The molecule has 0 bridgehead atoms. The van der Waals surface area contributed by atoms with Gasteiger partial charge >= 0.3 is 5.97 Å². The van der Waals surface area contributed by atoms with Gasteiger partial charge in [-0.3, -0.25) is 4.79 Å². The number of nitrogens with zero attached hydrogens (tertiary/aromatic N) is 3. The molecule has 1 N–H and O–H groups in total. The molecular weight excluding hydrogens is 324 g/mol. The number of aromatic nitrogens is 2. The Labute approximate surface area is 144 Å². The number of nitrogens with one attached hydrogen (secondary N) is 1. The molecule has 8 heteroatoms. The molecule has 2 heterocycles. The third-order valence-electron chi connectivity index (χ3n) is 3.74. The van der Waals surface area contributed by atoms with E-state index in [1.165, 1.54) is 19.5 Å². The third-order valence-corrected chi connectivity index (χ3v) is 3.74. The minimum absolute atomic E-state index is 0.109. The number of amides is 1. The van der Waals surface area contributed by atoms with Gasteiger partial charge < -0.3 is 19.7 Å². The molecule has 0 radical (unpaired) electrons. The number of esters is 1. The van der Waals surface area contributed by atoms with Crippen molar-refractivity contribution in [2.24, 2.45) is 0 Å². The summed E-state index contributed by atoms with van der Waals surface area (Å²) in [5.41, 5.74) is 1.50. The zero-order valence-electron chi connectivity index (χ0n) is 13.8. The van der Waals surface area contributed by atoms with Crippen LogP contribution in [0.25, 0.3) is 0 Å². The zero-order valence-corrected chi connectivity index (χ0v) is 13.8. The fraction of sp³-hybridized carbons (Fsp3) is 0.294. The van der Waals surface area contributed by atoms with Crippen molar-refractivity contribution in [2.45, 2.75) is 0 Å². The van der Waals surface area contributed by atoms with Gasteiger partial charge in [-0.15, -0.1) is 0 Å². The van der Waals surface area contributed by atoms with Crippen molar-refractivity contribution in [1.29, 1.82) is 0 Å². The van der Waals surface area contributed by atoms with E-state index < -0.39 is 5.97 Å². The predicted molar refractivity (Wildman–Crippen MR) is 89.8 cm³/mol. The van der Waals surface area contributed by atoms with Crippen LogP contribution in [-0.4, -0.2) is 60.2 Å². The van der Waals surface area contributed by atoms with Crippen LogP contribution in [0.2, 0.25) is 0 Å². The maximum Gasteiger partial charge on any atom is 0.337 e. The van der Waals surface area contributed by atoms with Gasteiger partial charge in [0.25, 0.3) is 5.91 Å². The average molecular weight is 342 g/mol. The van der Waals surface area contributed by atoms with Crippen LogP contribution in [0.1, 0.15) is 20.7 Å². The molecule has 0 unspecified atom stereocenters. The van der Waals surface area contributed by atoms with Crippen LogP contribution in [-0.2, 0) is 9.47 Å². The summed E-state index contributed by atoms with van der Waals surface area (Å²) in [5, 5.41) is 2.99. The number of anilines is 2. The standard InChI is InChI=1S/C17H18N4O4/c1-24-16(23)12-3-2-4-14(9-12)20-17-18-10-13(11-19-17)15(22)21-5-7-25-8-6-21/h2-4,9-11H,5-8H2,1H3,(H,18,19,20). The zero-order chi connectivity index (χ0) is 17.6. The van der Waals surface area contributed by atoms with Crippen molar-refractivity contribution >= 4 is 23.5 Å². The number of ether oxygens (including phenoxy) is 2. The summed E-state index contributed by atoms with van der Waals surface area (Å²) in [6.45, 7) is 2.23. The first kappa shape index (κ1) is 16.8. The molecule has 0 atom stereocenters.